The molecular formula is C19H16N2O4. The second-order valence-electron chi connectivity index (χ2n) is 5.15. The number of hydrogen-bond donors (Lipinski definition) is 4. The Labute approximate surface area is 144 Å². The van der Waals surface area contributed by atoms with Crippen LogP contribution in [0.3, 0.4) is 0 Å². The monoisotopic (exact) mass is 336 g/mol. The summed E-state index contributed by atoms with van der Waals surface area (Å²) in [5, 5.41) is 39.6. The average molecular weight is 336 g/mol. The van der Waals surface area contributed by atoms with Crippen molar-refractivity contribution in [3.8, 4) is 23.3 Å². The third-order valence-corrected chi connectivity index (χ3v) is 3.31. The van der Waals surface area contributed by atoms with Crippen molar-refractivity contribution in [3.63, 3.8) is 0 Å². The predicted molar refractivity (Wildman–Crippen MR) is 92.5 cm³/mol. The molecule has 0 aliphatic carbocycles. The third kappa shape index (κ3) is 5.15. The summed E-state index contributed by atoms with van der Waals surface area (Å²) in [6.07, 6.45) is 4.45. The number of phenolic OH excluding ortho intramolecular Hbond substituents is 3. The second-order valence-corrected chi connectivity index (χ2v) is 5.15. The van der Waals surface area contributed by atoms with Crippen molar-refractivity contribution in [2.24, 2.45) is 0 Å². The van der Waals surface area contributed by atoms with Crippen LogP contribution in [0.5, 0.6) is 17.2 Å². The molecule has 0 unspecified atom stereocenters. The van der Waals surface area contributed by atoms with E-state index < -0.39 is 5.91 Å². The zero-order valence-corrected chi connectivity index (χ0v) is 13.2. The Morgan fingerprint density at radius 1 is 1.08 bits per heavy atom. The zero-order chi connectivity index (χ0) is 18.2. The first-order chi connectivity index (χ1) is 12.0. The highest BCUT2D eigenvalue weighted by molar-refractivity contribution is 5.97. The van der Waals surface area contributed by atoms with Gasteiger partial charge in [-0.3, -0.25) is 4.79 Å². The normalized spacial score (nSPS) is 11.2. The lowest BCUT2D eigenvalue weighted by Crippen LogP contribution is -2.23. The summed E-state index contributed by atoms with van der Waals surface area (Å²) in [5.41, 5.74) is 1.32. The van der Waals surface area contributed by atoms with Crippen LogP contribution < -0.4 is 5.32 Å². The molecule has 0 aromatic heterocycles. The number of carbonyl (C=O) groups is 1. The number of rotatable bonds is 5. The molecule has 0 aliphatic rings. The van der Waals surface area contributed by atoms with E-state index in [0.717, 1.165) is 5.56 Å². The van der Waals surface area contributed by atoms with Gasteiger partial charge in [-0.2, -0.15) is 5.26 Å². The fraction of sp³-hybridized carbons (Fsp3) is 0.0526. The Balaban J connectivity index is 1.99. The fourth-order valence-corrected chi connectivity index (χ4v) is 1.95. The molecule has 0 radical (unpaired) electrons. The molecule has 25 heavy (non-hydrogen) atoms. The van der Waals surface area contributed by atoms with E-state index in [1.807, 2.05) is 6.07 Å². The van der Waals surface area contributed by atoms with Gasteiger partial charge in [0.15, 0.2) is 11.5 Å². The number of amides is 1. The van der Waals surface area contributed by atoms with Crippen molar-refractivity contribution in [3.05, 3.63) is 71.3 Å². The van der Waals surface area contributed by atoms with Crippen LogP contribution in [-0.2, 0) is 11.3 Å². The highest BCUT2D eigenvalue weighted by Crippen LogP contribution is 2.25. The molecule has 2 aromatic rings. The van der Waals surface area contributed by atoms with Crippen molar-refractivity contribution in [1.29, 1.82) is 5.26 Å². The van der Waals surface area contributed by atoms with Crippen molar-refractivity contribution in [2.75, 3.05) is 0 Å². The minimum Gasteiger partial charge on any atom is -0.508 e. The Hall–Kier alpha value is -3.72. The lowest BCUT2D eigenvalue weighted by Gasteiger charge is -2.04. The smallest absolute Gasteiger partial charge is 0.262 e. The van der Waals surface area contributed by atoms with E-state index in [9.17, 15) is 20.1 Å². The molecule has 6 nitrogen and oxygen atoms in total. The number of aromatic hydroxyl groups is 3. The molecular weight excluding hydrogens is 320 g/mol. The number of nitrogens with zero attached hydrogens (tertiary/aromatic N) is 1. The highest BCUT2D eigenvalue weighted by atomic mass is 16.3. The molecule has 0 saturated heterocycles. The number of allylic oxidation sites excluding steroid dienone is 2. The van der Waals surface area contributed by atoms with Crippen LogP contribution in [0.4, 0.5) is 0 Å². The van der Waals surface area contributed by atoms with Crippen LogP contribution in [0, 0.1) is 11.3 Å². The van der Waals surface area contributed by atoms with Gasteiger partial charge in [-0.1, -0.05) is 30.4 Å². The number of nitrogens with one attached hydrogen (secondary N) is 1. The Kier molecular flexibility index (Phi) is 5.80. The standard InChI is InChI=1S/C19H16N2O4/c20-11-15(3-1-2-13-6-9-17(23)18(24)10-13)19(25)21-12-14-4-7-16(22)8-5-14/h1-10,22-24H,12H2,(H,21,25)/b2-1+,15-3+. The summed E-state index contributed by atoms with van der Waals surface area (Å²) in [6.45, 7) is 0.230. The second kappa shape index (κ2) is 8.22. The van der Waals surface area contributed by atoms with E-state index in [1.54, 1.807) is 24.3 Å². The molecule has 0 saturated carbocycles. The molecule has 6 heteroatoms. The van der Waals surface area contributed by atoms with E-state index in [2.05, 4.69) is 5.32 Å². The molecule has 0 bridgehead atoms. The number of phenols is 3. The maximum Gasteiger partial charge on any atom is 0.262 e. The summed E-state index contributed by atoms with van der Waals surface area (Å²) >= 11 is 0. The lowest BCUT2D eigenvalue weighted by molar-refractivity contribution is -0.117. The summed E-state index contributed by atoms with van der Waals surface area (Å²) in [5.74, 6) is -0.857. The zero-order valence-electron chi connectivity index (χ0n) is 13.2. The molecule has 0 aliphatic heterocycles. The summed E-state index contributed by atoms with van der Waals surface area (Å²) < 4.78 is 0. The third-order valence-electron chi connectivity index (χ3n) is 3.31. The van der Waals surface area contributed by atoms with Crippen LogP contribution in [0.1, 0.15) is 11.1 Å². The maximum atomic E-state index is 12.0. The number of carbonyl (C=O) groups excluding carboxylic acids is 1. The van der Waals surface area contributed by atoms with Gasteiger partial charge in [-0.25, -0.2) is 0 Å². The van der Waals surface area contributed by atoms with Crippen molar-refractivity contribution in [2.45, 2.75) is 6.54 Å². The number of benzene rings is 2. The highest BCUT2D eigenvalue weighted by Gasteiger charge is 2.07. The molecule has 2 rings (SSSR count). The summed E-state index contributed by atoms with van der Waals surface area (Å²) in [6, 6.07) is 12.5. The van der Waals surface area contributed by atoms with Crippen LogP contribution in [0.2, 0.25) is 0 Å². The van der Waals surface area contributed by atoms with E-state index in [-0.39, 0.29) is 29.4 Å². The van der Waals surface area contributed by atoms with Gasteiger partial charge in [-0.05, 0) is 41.5 Å². The topological polar surface area (TPSA) is 114 Å². The van der Waals surface area contributed by atoms with Gasteiger partial charge >= 0.3 is 0 Å². The summed E-state index contributed by atoms with van der Waals surface area (Å²) in [7, 11) is 0. The number of nitriles is 1. The van der Waals surface area contributed by atoms with Crippen molar-refractivity contribution in [1.82, 2.24) is 5.32 Å². The molecule has 4 N–H and O–H groups in total. The van der Waals surface area contributed by atoms with Crippen LogP contribution in [-0.4, -0.2) is 21.2 Å². The molecule has 0 heterocycles. The van der Waals surface area contributed by atoms with Gasteiger partial charge in [-0.15, -0.1) is 0 Å². The average Bonchev–Trinajstić information content (AvgIpc) is 2.61. The van der Waals surface area contributed by atoms with Crippen molar-refractivity contribution >= 4 is 12.0 Å². The van der Waals surface area contributed by atoms with Gasteiger partial charge in [0.2, 0.25) is 0 Å². The first-order valence-corrected chi connectivity index (χ1v) is 7.36. The SMILES string of the molecule is N#C/C(=C\C=C\c1ccc(O)c(O)c1)C(=O)NCc1ccc(O)cc1. The quantitative estimate of drug-likeness (QED) is 0.290. The molecule has 0 atom stereocenters. The van der Waals surface area contributed by atoms with Crippen LogP contribution >= 0.6 is 0 Å². The Morgan fingerprint density at radius 3 is 2.44 bits per heavy atom. The maximum absolute atomic E-state index is 12.0. The minimum absolute atomic E-state index is 0.0713. The van der Waals surface area contributed by atoms with Gasteiger partial charge in [0, 0.05) is 6.54 Å². The molecule has 126 valence electrons. The van der Waals surface area contributed by atoms with E-state index in [1.165, 1.54) is 36.4 Å². The largest absolute Gasteiger partial charge is 0.508 e. The van der Waals surface area contributed by atoms with Gasteiger partial charge < -0.3 is 20.6 Å². The van der Waals surface area contributed by atoms with Crippen LogP contribution in [0.25, 0.3) is 6.08 Å². The fourth-order valence-electron chi connectivity index (χ4n) is 1.95. The van der Waals surface area contributed by atoms with Crippen molar-refractivity contribution < 1.29 is 20.1 Å². The van der Waals surface area contributed by atoms with Gasteiger partial charge in [0.25, 0.3) is 5.91 Å². The molecule has 1 amide bonds. The van der Waals surface area contributed by atoms with E-state index in [4.69, 9.17) is 5.26 Å². The molecule has 2 aromatic carbocycles. The minimum atomic E-state index is -0.520. The first-order valence-electron chi connectivity index (χ1n) is 7.36. The number of hydrogen-bond acceptors (Lipinski definition) is 5. The summed E-state index contributed by atoms with van der Waals surface area (Å²) in [4.78, 5) is 12.0. The van der Waals surface area contributed by atoms with E-state index >= 15 is 0 Å². The van der Waals surface area contributed by atoms with Crippen LogP contribution in [0.15, 0.2) is 60.2 Å². The molecule has 0 fully saturated rings. The molecule has 0 spiro atoms. The van der Waals surface area contributed by atoms with E-state index in [0.29, 0.717) is 5.56 Å². The lowest BCUT2D eigenvalue weighted by atomic mass is 10.1. The Bertz CT molecular complexity index is 862. The van der Waals surface area contributed by atoms with Gasteiger partial charge in [0.1, 0.15) is 17.4 Å². The predicted octanol–water partition coefficient (Wildman–Crippen LogP) is 2.58. The first kappa shape index (κ1) is 17.6. The Morgan fingerprint density at radius 2 is 1.80 bits per heavy atom. The van der Waals surface area contributed by atoms with Gasteiger partial charge in [0.05, 0.1) is 0 Å².